The molecule has 0 aliphatic carbocycles. The molecule has 0 fully saturated rings. The van der Waals surface area contributed by atoms with Crippen molar-refractivity contribution < 1.29 is 9.90 Å². The summed E-state index contributed by atoms with van der Waals surface area (Å²) >= 11 is 0. The first-order chi connectivity index (χ1) is 11.9. The molecule has 0 saturated carbocycles. The lowest BCUT2D eigenvalue weighted by Crippen LogP contribution is -2.15. The lowest BCUT2D eigenvalue weighted by atomic mass is 9.89. The number of carboxylic acid groups (broad SMARTS) is 1. The second-order valence-electron chi connectivity index (χ2n) is 7.28. The fraction of sp³-hybridized carbons (Fsp3) is 0.350. The lowest BCUT2D eigenvalue weighted by Gasteiger charge is -2.18. The molecule has 0 unspecified atom stereocenters. The topological polar surface area (TPSA) is 67.5 Å². The first kappa shape index (κ1) is 17.1. The van der Waals surface area contributed by atoms with Crippen molar-refractivity contribution in [2.45, 2.75) is 45.4 Å². The van der Waals surface area contributed by atoms with Crippen LogP contribution in [0.5, 0.6) is 0 Å². The van der Waals surface area contributed by atoms with E-state index in [4.69, 9.17) is 10.1 Å². The fourth-order valence-electron chi connectivity index (χ4n) is 3.07. The summed E-state index contributed by atoms with van der Waals surface area (Å²) in [6.45, 7) is 6.53. The summed E-state index contributed by atoms with van der Waals surface area (Å²) < 4.78 is 2.15. The Morgan fingerprint density at radius 1 is 1.20 bits per heavy atom. The molecule has 0 amide bonds. The number of hydrogen-bond donors (Lipinski definition) is 1. The van der Waals surface area contributed by atoms with Crippen LogP contribution in [0.1, 0.15) is 54.6 Å². The lowest BCUT2D eigenvalue weighted by molar-refractivity contribution is 0.0696. The van der Waals surface area contributed by atoms with Gasteiger partial charge in [0.2, 0.25) is 0 Å². The van der Waals surface area contributed by atoms with E-state index in [9.17, 15) is 4.79 Å². The van der Waals surface area contributed by atoms with Gasteiger partial charge in [0.05, 0.1) is 11.3 Å². The average Bonchev–Trinajstić information content (AvgIpc) is 2.94. The Bertz CT molecular complexity index is 907. The van der Waals surface area contributed by atoms with Crippen molar-refractivity contribution in [1.82, 2.24) is 14.4 Å². The highest BCUT2D eigenvalue weighted by Gasteiger charge is 2.23. The van der Waals surface area contributed by atoms with E-state index < -0.39 is 5.97 Å². The van der Waals surface area contributed by atoms with Gasteiger partial charge in [0, 0.05) is 29.2 Å². The number of imidazole rings is 1. The van der Waals surface area contributed by atoms with Gasteiger partial charge in [-0.15, -0.1) is 0 Å². The normalized spacial score (nSPS) is 11.8. The molecule has 0 aliphatic heterocycles. The van der Waals surface area contributed by atoms with Crippen LogP contribution in [-0.4, -0.2) is 25.4 Å². The molecule has 0 spiro atoms. The Labute approximate surface area is 147 Å². The Balaban J connectivity index is 1.81. The van der Waals surface area contributed by atoms with Gasteiger partial charge in [-0.3, -0.25) is 4.98 Å². The van der Waals surface area contributed by atoms with Gasteiger partial charge in [-0.2, -0.15) is 0 Å². The average molecular weight is 337 g/mol. The molecule has 0 aliphatic rings. The van der Waals surface area contributed by atoms with Gasteiger partial charge in [-0.05, 0) is 43.5 Å². The number of nitrogens with zero attached hydrogens (tertiary/aromatic N) is 3. The molecule has 5 nitrogen and oxygen atoms in total. The molecule has 0 aromatic carbocycles. The molecule has 0 radical (unpaired) electrons. The molecule has 0 bridgehead atoms. The second kappa shape index (κ2) is 6.67. The van der Waals surface area contributed by atoms with Gasteiger partial charge in [0.25, 0.3) is 0 Å². The molecule has 0 saturated heterocycles. The number of carboxylic acids is 1. The highest BCUT2D eigenvalue weighted by molar-refractivity contribution is 5.87. The maximum absolute atomic E-state index is 11.1. The summed E-state index contributed by atoms with van der Waals surface area (Å²) in [5.41, 5.74) is 4.38. The Kier molecular flexibility index (Phi) is 4.57. The predicted octanol–water partition coefficient (Wildman–Crippen LogP) is 3.90. The van der Waals surface area contributed by atoms with Crippen molar-refractivity contribution in [3.63, 3.8) is 0 Å². The molecule has 25 heavy (non-hydrogen) atoms. The Morgan fingerprint density at radius 3 is 2.72 bits per heavy atom. The van der Waals surface area contributed by atoms with Crippen LogP contribution in [0.3, 0.4) is 0 Å². The van der Waals surface area contributed by atoms with Crippen molar-refractivity contribution in [3.05, 3.63) is 65.4 Å². The molecular formula is C20H23N3O2. The van der Waals surface area contributed by atoms with Gasteiger partial charge < -0.3 is 9.51 Å². The molecule has 5 heteroatoms. The minimum Gasteiger partial charge on any atom is -0.478 e. The molecule has 3 heterocycles. The van der Waals surface area contributed by atoms with Crippen LogP contribution in [0.2, 0.25) is 0 Å². The molecule has 3 rings (SSSR count). The molecule has 3 aromatic rings. The van der Waals surface area contributed by atoms with E-state index >= 15 is 0 Å². The number of carbonyl (C=O) groups is 1. The highest BCUT2D eigenvalue weighted by Crippen LogP contribution is 2.27. The van der Waals surface area contributed by atoms with Crippen LogP contribution in [0.4, 0.5) is 0 Å². The summed E-state index contributed by atoms with van der Waals surface area (Å²) in [5, 5.41) is 9.09. The van der Waals surface area contributed by atoms with E-state index in [0.29, 0.717) is 0 Å². The monoisotopic (exact) mass is 337 g/mol. The number of aromatic nitrogens is 3. The fourth-order valence-corrected chi connectivity index (χ4v) is 3.07. The summed E-state index contributed by atoms with van der Waals surface area (Å²) in [4.78, 5) is 20.2. The van der Waals surface area contributed by atoms with Gasteiger partial charge in [0.1, 0.15) is 5.65 Å². The van der Waals surface area contributed by atoms with E-state index in [-0.39, 0.29) is 11.0 Å². The number of pyridine rings is 2. The minimum atomic E-state index is -0.916. The molecule has 130 valence electrons. The first-order valence-electron chi connectivity index (χ1n) is 8.51. The van der Waals surface area contributed by atoms with Crippen LogP contribution in [0.25, 0.3) is 5.65 Å². The number of fused-ring (bicyclic) bond motifs is 1. The van der Waals surface area contributed by atoms with E-state index in [1.54, 1.807) is 12.3 Å². The van der Waals surface area contributed by atoms with Gasteiger partial charge in [0.15, 0.2) is 0 Å². The van der Waals surface area contributed by atoms with Crippen molar-refractivity contribution in [3.8, 4) is 0 Å². The Morgan fingerprint density at radius 2 is 2.00 bits per heavy atom. The maximum atomic E-state index is 11.1. The smallest absolute Gasteiger partial charge is 0.335 e. The summed E-state index contributed by atoms with van der Waals surface area (Å²) in [6.07, 6.45) is 6.12. The van der Waals surface area contributed by atoms with Crippen molar-refractivity contribution in [1.29, 1.82) is 0 Å². The van der Waals surface area contributed by atoms with Crippen molar-refractivity contribution in [2.75, 3.05) is 0 Å². The molecular weight excluding hydrogens is 314 g/mol. The van der Waals surface area contributed by atoms with Gasteiger partial charge in [-0.1, -0.05) is 26.8 Å². The molecule has 1 N–H and O–H groups in total. The zero-order valence-corrected chi connectivity index (χ0v) is 14.9. The van der Waals surface area contributed by atoms with Crippen LogP contribution in [0.15, 0.2) is 42.7 Å². The summed E-state index contributed by atoms with van der Waals surface area (Å²) in [5.74, 6) is -0.916. The molecule has 3 aromatic heterocycles. The van der Waals surface area contributed by atoms with E-state index in [2.05, 4.69) is 36.4 Å². The predicted molar refractivity (Wildman–Crippen MR) is 97.1 cm³/mol. The van der Waals surface area contributed by atoms with Crippen LogP contribution in [0, 0.1) is 0 Å². The first-order valence-corrected chi connectivity index (χ1v) is 8.51. The van der Waals surface area contributed by atoms with Crippen LogP contribution < -0.4 is 0 Å². The quantitative estimate of drug-likeness (QED) is 0.767. The van der Waals surface area contributed by atoms with E-state index in [0.717, 1.165) is 36.3 Å². The third-order valence-electron chi connectivity index (χ3n) is 4.25. The van der Waals surface area contributed by atoms with Gasteiger partial charge >= 0.3 is 5.97 Å². The zero-order valence-electron chi connectivity index (χ0n) is 14.9. The SMILES string of the molecule is CC(C)(C)c1nc2ccccn2c1CCCc1cc(C(=O)O)ccn1. The standard InChI is InChI=1S/C20H23N3O2/c1-20(2,3)18-16(23-12-5-4-9-17(23)22-18)8-6-7-15-13-14(19(24)25)10-11-21-15/h4-5,9-13H,6-8H2,1-3H3,(H,24,25). The number of aromatic carboxylic acids is 1. The van der Waals surface area contributed by atoms with Crippen molar-refractivity contribution in [2.24, 2.45) is 0 Å². The van der Waals surface area contributed by atoms with Crippen molar-refractivity contribution >= 4 is 11.6 Å². The summed E-state index contributed by atoms with van der Waals surface area (Å²) in [7, 11) is 0. The van der Waals surface area contributed by atoms with Crippen LogP contribution >= 0.6 is 0 Å². The van der Waals surface area contributed by atoms with E-state index in [1.807, 2.05) is 18.2 Å². The Hall–Kier alpha value is -2.69. The third kappa shape index (κ3) is 3.71. The van der Waals surface area contributed by atoms with Crippen LogP contribution in [-0.2, 0) is 18.3 Å². The number of aryl methyl sites for hydroxylation is 2. The maximum Gasteiger partial charge on any atom is 0.335 e. The van der Waals surface area contributed by atoms with Gasteiger partial charge in [-0.25, -0.2) is 9.78 Å². The summed E-state index contributed by atoms with van der Waals surface area (Å²) in [6, 6.07) is 9.22. The second-order valence-corrected chi connectivity index (χ2v) is 7.28. The molecule has 0 atom stereocenters. The van der Waals surface area contributed by atoms with E-state index in [1.165, 1.54) is 11.8 Å². The minimum absolute atomic E-state index is 0.0250. The number of rotatable bonds is 5. The largest absolute Gasteiger partial charge is 0.478 e. The number of hydrogen-bond acceptors (Lipinski definition) is 3. The zero-order chi connectivity index (χ0) is 18.0. The highest BCUT2D eigenvalue weighted by atomic mass is 16.4. The third-order valence-corrected chi connectivity index (χ3v) is 4.25.